The predicted molar refractivity (Wildman–Crippen MR) is 91.0 cm³/mol. The second-order valence-corrected chi connectivity index (χ2v) is 5.34. The summed E-state index contributed by atoms with van der Waals surface area (Å²) in [6.07, 6.45) is 0.148. The van der Waals surface area contributed by atoms with Gasteiger partial charge in [0.05, 0.1) is 38.3 Å². The Kier molecular flexibility index (Phi) is 5.80. The summed E-state index contributed by atoms with van der Waals surface area (Å²) in [7, 11) is 3.12. The lowest BCUT2D eigenvalue weighted by Crippen LogP contribution is -2.28. The van der Waals surface area contributed by atoms with Gasteiger partial charge >= 0.3 is 0 Å². The van der Waals surface area contributed by atoms with Crippen molar-refractivity contribution in [3.8, 4) is 17.6 Å². The molecule has 0 aliphatic rings. The smallest absolute Gasteiger partial charge is 0.225 e. The van der Waals surface area contributed by atoms with Crippen LogP contribution in [0, 0.1) is 11.3 Å². The van der Waals surface area contributed by atoms with Crippen molar-refractivity contribution in [2.45, 2.75) is 19.4 Å². The van der Waals surface area contributed by atoms with Crippen LogP contribution in [0.2, 0.25) is 0 Å². The standard InChI is InChI=1S/C19H20N2O3/c1-13(15-7-4-6-14(10-15)12-20)21-19(22)11-16-17(23-2)8-5-9-18(16)24-3/h4-10,13H,11H2,1-3H3,(H,21,22)/t13-/m1/s1. The van der Waals surface area contributed by atoms with Gasteiger partial charge < -0.3 is 14.8 Å². The molecule has 1 atom stereocenters. The molecular formula is C19H20N2O3. The lowest BCUT2D eigenvalue weighted by molar-refractivity contribution is -0.121. The van der Waals surface area contributed by atoms with Gasteiger partial charge in [0, 0.05) is 5.56 Å². The van der Waals surface area contributed by atoms with Gasteiger partial charge in [0.15, 0.2) is 0 Å². The van der Waals surface area contributed by atoms with Gasteiger partial charge in [-0.2, -0.15) is 5.26 Å². The van der Waals surface area contributed by atoms with Crippen molar-refractivity contribution in [1.82, 2.24) is 5.32 Å². The van der Waals surface area contributed by atoms with Crippen LogP contribution < -0.4 is 14.8 Å². The number of ether oxygens (including phenoxy) is 2. The Bertz CT molecular complexity index is 743. The van der Waals surface area contributed by atoms with Crippen LogP contribution in [-0.4, -0.2) is 20.1 Å². The van der Waals surface area contributed by atoms with E-state index in [1.165, 1.54) is 0 Å². The van der Waals surface area contributed by atoms with Crippen molar-refractivity contribution >= 4 is 5.91 Å². The molecule has 0 fully saturated rings. The molecule has 1 N–H and O–H groups in total. The van der Waals surface area contributed by atoms with Crippen molar-refractivity contribution in [3.63, 3.8) is 0 Å². The molecule has 5 nitrogen and oxygen atoms in total. The Balaban J connectivity index is 2.12. The topological polar surface area (TPSA) is 71.3 Å². The first-order valence-corrected chi connectivity index (χ1v) is 7.58. The Morgan fingerprint density at radius 3 is 2.38 bits per heavy atom. The summed E-state index contributed by atoms with van der Waals surface area (Å²) in [5.74, 6) is 1.08. The molecule has 0 heterocycles. The molecule has 0 aliphatic carbocycles. The van der Waals surface area contributed by atoms with E-state index in [0.717, 1.165) is 5.56 Å². The van der Waals surface area contributed by atoms with Crippen molar-refractivity contribution in [2.24, 2.45) is 0 Å². The van der Waals surface area contributed by atoms with E-state index in [0.29, 0.717) is 22.6 Å². The number of carbonyl (C=O) groups excluding carboxylic acids is 1. The van der Waals surface area contributed by atoms with E-state index in [2.05, 4.69) is 11.4 Å². The van der Waals surface area contributed by atoms with Gasteiger partial charge in [0.2, 0.25) is 5.91 Å². The molecule has 0 saturated carbocycles. The Labute approximate surface area is 141 Å². The first-order valence-electron chi connectivity index (χ1n) is 7.58. The zero-order chi connectivity index (χ0) is 17.5. The molecule has 0 saturated heterocycles. The average Bonchev–Trinajstić information content (AvgIpc) is 2.61. The lowest BCUT2D eigenvalue weighted by atomic mass is 10.0. The van der Waals surface area contributed by atoms with Crippen LogP contribution in [-0.2, 0) is 11.2 Å². The zero-order valence-electron chi connectivity index (χ0n) is 14.0. The molecule has 24 heavy (non-hydrogen) atoms. The van der Waals surface area contributed by atoms with Gasteiger partial charge in [0.1, 0.15) is 11.5 Å². The first kappa shape index (κ1) is 17.4. The van der Waals surface area contributed by atoms with Gasteiger partial charge in [-0.3, -0.25) is 4.79 Å². The van der Waals surface area contributed by atoms with Crippen molar-refractivity contribution < 1.29 is 14.3 Å². The normalized spacial score (nSPS) is 11.2. The first-order chi connectivity index (χ1) is 11.6. The average molecular weight is 324 g/mol. The molecule has 0 aliphatic heterocycles. The molecule has 0 radical (unpaired) electrons. The summed E-state index contributed by atoms with van der Waals surface area (Å²) in [6.45, 7) is 1.88. The Hall–Kier alpha value is -3.00. The van der Waals surface area contributed by atoms with Crippen LogP contribution in [0.1, 0.15) is 29.7 Å². The number of hydrogen-bond acceptors (Lipinski definition) is 4. The van der Waals surface area contributed by atoms with Crippen LogP contribution in [0.3, 0.4) is 0 Å². The van der Waals surface area contributed by atoms with Gasteiger partial charge in [-0.15, -0.1) is 0 Å². The predicted octanol–water partition coefficient (Wildman–Crippen LogP) is 3.00. The van der Waals surface area contributed by atoms with Gasteiger partial charge in [0.25, 0.3) is 0 Å². The summed E-state index contributed by atoms with van der Waals surface area (Å²) in [6, 6.07) is 14.5. The molecule has 2 aromatic rings. The highest BCUT2D eigenvalue weighted by Crippen LogP contribution is 2.28. The molecule has 1 amide bonds. The highest BCUT2D eigenvalue weighted by molar-refractivity contribution is 5.80. The van der Waals surface area contributed by atoms with Gasteiger partial charge in [-0.1, -0.05) is 18.2 Å². The summed E-state index contributed by atoms with van der Waals surface area (Å²) in [5, 5.41) is 11.9. The number of benzene rings is 2. The van der Waals surface area contributed by atoms with E-state index in [1.807, 2.05) is 19.1 Å². The number of amides is 1. The third-order valence-electron chi connectivity index (χ3n) is 3.76. The fourth-order valence-electron chi connectivity index (χ4n) is 2.52. The second-order valence-electron chi connectivity index (χ2n) is 5.34. The molecular weight excluding hydrogens is 304 g/mol. The minimum atomic E-state index is -0.202. The van der Waals surface area contributed by atoms with Crippen molar-refractivity contribution in [2.75, 3.05) is 14.2 Å². The maximum absolute atomic E-state index is 12.4. The number of rotatable bonds is 6. The maximum atomic E-state index is 12.4. The third kappa shape index (κ3) is 4.05. The minimum Gasteiger partial charge on any atom is -0.496 e. The summed E-state index contributed by atoms with van der Waals surface area (Å²) in [5.41, 5.74) is 2.16. The summed E-state index contributed by atoms with van der Waals surface area (Å²) >= 11 is 0. The van der Waals surface area contributed by atoms with Crippen LogP contribution in [0.15, 0.2) is 42.5 Å². The second kappa shape index (κ2) is 8.02. The third-order valence-corrected chi connectivity index (χ3v) is 3.76. The zero-order valence-corrected chi connectivity index (χ0v) is 14.0. The molecule has 0 spiro atoms. The number of hydrogen-bond donors (Lipinski definition) is 1. The molecule has 5 heteroatoms. The number of methoxy groups -OCH3 is 2. The Morgan fingerprint density at radius 2 is 1.79 bits per heavy atom. The number of nitrogens with one attached hydrogen (secondary N) is 1. The number of nitrogens with zero attached hydrogens (tertiary/aromatic N) is 1. The van der Waals surface area contributed by atoms with Crippen LogP contribution in [0.25, 0.3) is 0 Å². The van der Waals surface area contributed by atoms with Crippen LogP contribution in [0.5, 0.6) is 11.5 Å². The van der Waals surface area contributed by atoms with E-state index >= 15 is 0 Å². The minimum absolute atomic E-state index is 0.146. The van der Waals surface area contributed by atoms with E-state index in [1.54, 1.807) is 44.6 Å². The molecule has 0 aromatic heterocycles. The van der Waals surface area contributed by atoms with Crippen molar-refractivity contribution in [3.05, 3.63) is 59.2 Å². The van der Waals surface area contributed by atoms with Crippen LogP contribution in [0.4, 0.5) is 0 Å². The fraction of sp³-hybridized carbons (Fsp3) is 0.263. The molecule has 0 unspecified atom stereocenters. The Morgan fingerprint density at radius 1 is 1.17 bits per heavy atom. The van der Waals surface area contributed by atoms with E-state index in [-0.39, 0.29) is 18.4 Å². The number of carbonyl (C=O) groups is 1. The lowest BCUT2D eigenvalue weighted by Gasteiger charge is -2.17. The van der Waals surface area contributed by atoms with Crippen LogP contribution >= 0.6 is 0 Å². The maximum Gasteiger partial charge on any atom is 0.225 e. The summed E-state index contributed by atoms with van der Waals surface area (Å²) < 4.78 is 10.6. The molecule has 2 rings (SSSR count). The van der Waals surface area contributed by atoms with E-state index in [4.69, 9.17) is 14.7 Å². The fourth-order valence-corrected chi connectivity index (χ4v) is 2.52. The van der Waals surface area contributed by atoms with Gasteiger partial charge in [-0.05, 0) is 36.8 Å². The quantitative estimate of drug-likeness (QED) is 0.886. The molecule has 0 bridgehead atoms. The largest absolute Gasteiger partial charge is 0.496 e. The molecule has 124 valence electrons. The molecule has 2 aromatic carbocycles. The summed E-state index contributed by atoms with van der Waals surface area (Å²) in [4.78, 5) is 12.4. The number of nitriles is 1. The monoisotopic (exact) mass is 324 g/mol. The highest BCUT2D eigenvalue weighted by atomic mass is 16.5. The highest BCUT2D eigenvalue weighted by Gasteiger charge is 2.16. The van der Waals surface area contributed by atoms with E-state index < -0.39 is 0 Å². The SMILES string of the molecule is COc1cccc(OC)c1CC(=O)N[C@H](C)c1cccc(C#N)c1. The van der Waals surface area contributed by atoms with E-state index in [9.17, 15) is 4.79 Å². The van der Waals surface area contributed by atoms with Crippen molar-refractivity contribution in [1.29, 1.82) is 5.26 Å². The van der Waals surface area contributed by atoms with Gasteiger partial charge in [-0.25, -0.2) is 0 Å².